The predicted octanol–water partition coefficient (Wildman–Crippen LogP) is 5.13. The third-order valence-corrected chi connectivity index (χ3v) is 3.62. The van der Waals surface area contributed by atoms with Gasteiger partial charge in [0.05, 0.1) is 0 Å². The van der Waals surface area contributed by atoms with Gasteiger partial charge in [-0.15, -0.1) is 0 Å². The Bertz CT molecular complexity index is 246. The topological polar surface area (TPSA) is 26.3 Å². The Morgan fingerprint density at radius 2 is 1.89 bits per heavy atom. The maximum absolute atomic E-state index is 11.3. The normalized spacial score (nSPS) is 14.2. The average Bonchev–Trinajstić information content (AvgIpc) is 2.37. The highest BCUT2D eigenvalue weighted by atomic mass is 16.5. The van der Waals surface area contributed by atoms with Gasteiger partial charge in [0.15, 0.2) is 0 Å². The summed E-state index contributed by atoms with van der Waals surface area (Å²) in [6, 6.07) is 0. The van der Waals surface area contributed by atoms with Crippen LogP contribution in [0.15, 0.2) is 12.7 Å². The molecule has 112 valence electrons. The van der Waals surface area contributed by atoms with E-state index in [0.717, 1.165) is 25.2 Å². The molecule has 0 aliphatic rings. The first kappa shape index (κ1) is 18.2. The van der Waals surface area contributed by atoms with Crippen LogP contribution in [-0.4, -0.2) is 12.1 Å². The van der Waals surface area contributed by atoms with Crippen LogP contribution in [0, 0.1) is 11.8 Å². The van der Waals surface area contributed by atoms with Gasteiger partial charge in [-0.05, 0) is 31.1 Å². The smallest absolute Gasteiger partial charge is 0.330 e. The summed E-state index contributed by atoms with van der Waals surface area (Å²) in [7, 11) is 0. The molecule has 2 nitrogen and oxygen atoms in total. The molecule has 0 aromatic heterocycles. The fourth-order valence-electron chi connectivity index (χ4n) is 2.43. The summed E-state index contributed by atoms with van der Waals surface area (Å²) >= 11 is 0. The fourth-order valence-corrected chi connectivity index (χ4v) is 2.43. The van der Waals surface area contributed by atoms with Crippen LogP contribution in [0.3, 0.4) is 0 Å². The van der Waals surface area contributed by atoms with Gasteiger partial charge in [0.25, 0.3) is 0 Å². The van der Waals surface area contributed by atoms with E-state index in [1.165, 1.54) is 31.8 Å². The first-order valence-corrected chi connectivity index (χ1v) is 7.86. The molecule has 0 spiro atoms. The Morgan fingerprint density at radius 3 is 2.37 bits per heavy atom. The highest BCUT2D eigenvalue weighted by Crippen LogP contribution is 2.22. The van der Waals surface area contributed by atoms with Crippen molar-refractivity contribution in [2.75, 3.05) is 0 Å². The van der Waals surface area contributed by atoms with E-state index in [2.05, 4.69) is 34.3 Å². The number of hydrogen-bond donors (Lipinski definition) is 0. The molecule has 2 unspecified atom stereocenters. The molecule has 0 radical (unpaired) electrons. The third-order valence-electron chi connectivity index (χ3n) is 3.62. The van der Waals surface area contributed by atoms with Gasteiger partial charge in [-0.25, -0.2) is 4.79 Å². The maximum atomic E-state index is 11.3. The quantitative estimate of drug-likeness (QED) is 0.384. The van der Waals surface area contributed by atoms with Crippen LogP contribution in [0.5, 0.6) is 0 Å². The molecular weight excluding hydrogens is 236 g/mol. The molecule has 0 fully saturated rings. The standard InChI is InChI=1S/C17H32O2/c1-6-9-10-15(7-2)11-12-16(13-14(4)5)19-17(18)8-3/h8,14-16H,3,6-7,9-13H2,1-2,4-5H3. The minimum atomic E-state index is -0.285. The molecule has 0 heterocycles. The SMILES string of the molecule is C=CC(=O)OC(CCC(CC)CCCC)CC(C)C. The van der Waals surface area contributed by atoms with E-state index in [1.807, 2.05) is 0 Å². The number of hydrogen-bond acceptors (Lipinski definition) is 2. The van der Waals surface area contributed by atoms with E-state index >= 15 is 0 Å². The van der Waals surface area contributed by atoms with Gasteiger partial charge in [0, 0.05) is 6.08 Å². The molecule has 0 saturated carbocycles. The van der Waals surface area contributed by atoms with Crippen molar-refractivity contribution in [3.8, 4) is 0 Å². The van der Waals surface area contributed by atoms with E-state index in [-0.39, 0.29) is 12.1 Å². The van der Waals surface area contributed by atoms with Crippen molar-refractivity contribution in [1.82, 2.24) is 0 Å². The lowest BCUT2D eigenvalue weighted by Gasteiger charge is -2.22. The van der Waals surface area contributed by atoms with Crippen molar-refractivity contribution in [2.45, 2.75) is 78.7 Å². The summed E-state index contributed by atoms with van der Waals surface area (Å²) < 4.78 is 5.45. The van der Waals surface area contributed by atoms with Gasteiger partial charge in [0.2, 0.25) is 0 Å². The maximum Gasteiger partial charge on any atom is 0.330 e. The molecule has 0 bridgehead atoms. The molecule has 2 heteroatoms. The first-order chi connectivity index (χ1) is 9.03. The largest absolute Gasteiger partial charge is 0.459 e. The summed E-state index contributed by atoms with van der Waals surface area (Å²) in [6.45, 7) is 12.3. The zero-order valence-electron chi connectivity index (χ0n) is 13.3. The van der Waals surface area contributed by atoms with Crippen molar-refractivity contribution in [3.63, 3.8) is 0 Å². The van der Waals surface area contributed by atoms with Crippen LogP contribution < -0.4 is 0 Å². The zero-order chi connectivity index (χ0) is 14.7. The minimum Gasteiger partial charge on any atom is -0.459 e. The molecule has 0 N–H and O–H groups in total. The van der Waals surface area contributed by atoms with E-state index < -0.39 is 0 Å². The van der Waals surface area contributed by atoms with Gasteiger partial charge < -0.3 is 4.74 Å². The van der Waals surface area contributed by atoms with Gasteiger partial charge in [-0.2, -0.15) is 0 Å². The summed E-state index contributed by atoms with van der Waals surface area (Å²) in [5, 5.41) is 0. The Morgan fingerprint density at radius 1 is 1.21 bits per heavy atom. The molecule has 0 rings (SSSR count). The van der Waals surface area contributed by atoms with Crippen LogP contribution >= 0.6 is 0 Å². The van der Waals surface area contributed by atoms with Crippen molar-refractivity contribution in [1.29, 1.82) is 0 Å². The van der Waals surface area contributed by atoms with E-state index in [0.29, 0.717) is 5.92 Å². The lowest BCUT2D eigenvalue weighted by atomic mass is 9.91. The fraction of sp³-hybridized carbons (Fsp3) is 0.824. The second-order valence-corrected chi connectivity index (χ2v) is 5.89. The highest BCUT2D eigenvalue weighted by molar-refractivity contribution is 5.81. The molecule has 0 amide bonds. The van der Waals surface area contributed by atoms with Gasteiger partial charge in [-0.1, -0.05) is 60.0 Å². The van der Waals surface area contributed by atoms with E-state index in [9.17, 15) is 4.79 Å². The van der Waals surface area contributed by atoms with Crippen molar-refractivity contribution in [2.24, 2.45) is 11.8 Å². The van der Waals surface area contributed by atoms with Gasteiger partial charge in [0.1, 0.15) is 6.10 Å². The highest BCUT2D eigenvalue weighted by Gasteiger charge is 2.17. The average molecular weight is 268 g/mol. The van der Waals surface area contributed by atoms with E-state index in [4.69, 9.17) is 4.74 Å². The Hall–Kier alpha value is -0.790. The van der Waals surface area contributed by atoms with Crippen molar-refractivity contribution in [3.05, 3.63) is 12.7 Å². The second kappa shape index (κ2) is 11.1. The Labute approximate surface area is 119 Å². The van der Waals surface area contributed by atoms with Crippen LogP contribution in [0.25, 0.3) is 0 Å². The van der Waals surface area contributed by atoms with Crippen LogP contribution in [0.2, 0.25) is 0 Å². The molecule has 0 aliphatic heterocycles. The lowest BCUT2D eigenvalue weighted by Crippen LogP contribution is -2.20. The minimum absolute atomic E-state index is 0.0566. The van der Waals surface area contributed by atoms with E-state index in [1.54, 1.807) is 0 Å². The first-order valence-electron chi connectivity index (χ1n) is 7.86. The second-order valence-electron chi connectivity index (χ2n) is 5.89. The van der Waals surface area contributed by atoms with Crippen LogP contribution in [0.1, 0.15) is 72.6 Å². The molecule has 0 aliphatic carbocycles. The number of ether oxygens (including phenoxy) is 1. The number of carbonyl (C=O) groups is 1. The van der Waals surface area contributed by atoms with Crippen molar-refractivity contribution < 1.29 is 9.53 Å². The molecule has 2 atom stereocenters. The van der Waals surface area contributed by atoms with Crippen LogP contribution in [0.4, 0.5) is 0 Å². The molecular formula is C17H32O2. The Kier molecular flexibility index (Phi) is 10.6. The Balaban J connectivity index is 4.21. The van der Waals surface area contributed by atoms with Crippen LogP contribution in [-0.2, 0) is 9.53 Å². The number of rotatable bonds is 11. The molecule has 0 saturated heterocycles. The summed E-state index contributed by atoms with van der Waals surface area (Å²) in [5.74, 6) is 1.04. The van der Waals surface area contributed by atoms with Gasteiger partial charge >= 0.3 is 5.97 Å². The number of unbranched alkanes of at least 4 members (excludes halogenated alkanes) is 1. The van der Waals surface area contributed by atoms with Gasteiger partial charge in [-0.3, -0.25) is 0 Å². The monoisotopic (exact) mass is 268 g/mol. The zero-order valence-corrected chi connectivity index (χ0v) is 13.3. The summed E-state index contributed by atoms with van der Waals surface area (Å²) in [4.78, 5) is 11.3. The molecule has 0 aromatic rings. The predicted molar refractivity (Wildman–Crippen MR) is 82.1 cm³/mol. The summed E-state index contributed by atoms with van der Waals surface area (Å²) in [6.07, 6.45) is 9.52. The third kappa shape index (κ3) is 9.75. The number of esters is 1. The summed E-state index contributed by atoms with van der Waals surface area (Å²) in [5.41, 5.74) is 0. The van der Waals surface area contributed by atoms with Crippen molar-refractivity contribution >= 4 is 5.97 Å². The molecule has 19 heavy (non-hydrogen) atoms. The number of carbonyl (C=O) groups excluding carboxylic acids is 1. The lowest BCUT2D eigenvalue weighted by molar-refractivity contribution is -0.144. The molecule has 0 aromatic carbocycles.